The molecule has 1 aromatic carbocycles. The molecule has 108 valence electrons. The van der Waals surface area contributed by atoms with Crippen molar-refractivity contribution in [1.82, 2.24) is 5.01 Å². The number of fused-ring (bicyclic) bond motifs is 1. The average Bonchev–Trinajstić information content (AvgIpc) is 2.86. The lowest BCUT2D eigenvalue weighted by molar-refractivity contribution is -0.122. The maximum Gasteiger partial charge on any atom is 0.281 e. The minimum atomic E-state index is -0.433. The Kier molecular flexibility index (Phi) is 3.64. The molecule has 1 fully saturated rings. The summed E-state index contributed by atoms with van der Waals surface area (Å²) in [6.45, 7) is 2.42. The smallest absolute Gasteiger partial charge is 0.281 e. The van der Waals surface area contributed by atoms with Gasteiger partial charge >= 0.3 is 0 Å². The lowest BCUT2D eigenvalue weighted by Gasteiger charge is -2.13. The lowest BCUT2D eigenvalue weighted by Crippen LogP contribution is -2.35. The molecule has 2 heterocycles. The molecule has 0 bridgehead atoms. The highest BCUT2D eigenvalue weighted by Crippen LogP contribution is 2.44. The van der Waals surface area contributed by atoms with Gasteiger partial charge in [0.15, 0.2) is 4.32 Å². The minimum Gasteiger partial charge on any atom is -0.308 e. The fourth-order valence-corrected chi connectivity index (χ4v) is 3.90. The first-order valence-electron chi connectivity index (χ1n) is 6.12. The highest BCUT2D eigenvalue weighted by Gasteiger charge is 2.40. The Morgan fingerprint density at radius 3 is 2.62 bits per heavy atom. The number of amides is 2. The van der Waals surface area contributed by atoms with Gasteiger partial charge in [0, 0.05) is 16.6 Å². The van der Waals surface area contributed by atoms with Crippen LogP contribution in [0.4, 0.5) is 5.69 Å². The molecular formula is C13H10BrN3O2S2. The molecule has 0 saturated carbocycles. The standard InChI is InChI=1S/C13H10BrN3O2S2/c1-2-16-8-4-3-6(14)5-7(8)9(11(16)18)10-12(19)17(15)13(20)21-10/h3-5H,2,15H2,1H3/b10-9+. The molecule has 0 atom stereocenters. The number of hydrazine groups is 1. The van der Waals surface area contributed by atoms with Crippen LogP contribution < -0.4 is 10.7 Å². The van der Waals surface area contributed by atoms with E-state index < -0.39 is 5.91 Å². The number of thioether (sulfide) groups is 1. The molecule has 8 heteroatoms. The van der Waals surface area contributed by atoms with Crippen molar-refractivity contribution in [3.8, 4) is 0 Å². The number of anilines is 1. The summed E-state index contributed by atoms with van der Waals surface area (Å²) >= 11 is 9.49. The Labute approximate surface area is 139 Å². The van der Waals surface area contributed by atoms with E-state index in [1.165, 1.54) is 0 Å². The van der Waals surface area contributed by atoms with Gasteiger partial charge in [-0.3, -0.25) is 9.59 Å². The molecule has 3 rings (SSSR count). The summed E-state index contributed by atoms with van der Waals surface area (Å²) < 4.78 is 1.09. The van der Waals surface area contributed by atoms with Crippen molar-refractivity contribution < 1.29 is 9.59 Å². The number of hydrogen-bond donors (Lipinski definition) is 1. The molecule has 1 aromatic rings. The molecule has 1 saturated heterocycles. The van der Waals surface area contributed by atoms with E-state index in [0.717, 1.165) is 32.5 Å². The Morgan fingerprint density at radius 1 is 1.33 bits per heavy atom. The van der Waals surface area contributed by atoms with Crippen LogP contribution in [0, 0.1) is 0 Å². The van der Waals surface area contributed by atoms with Crippen molar-refractivity contribution in [1.29, 1.82) is 0 Å². The molecule has 0 unspecified atom stereocenters. The van der Waals surface area contributed by atoms with Crippen LogP contribution in [0.2, 0.25) is 0 Å². The molecule has 5 nitrogen and oxygen atoms in total. The molecule has 2 amide bonds. The number of thiocarbonyl (C=S) groups is 1. The molecule has 0 spiro atoms. The van der Waals surface area contributed by atoms with E-state index in [9.17, 15) is 9.59 Å². The molecule has 21 heavy (non-hydrogen) atoms. The first kappa shape index (κ1) is 14.7. The maximum absolute atomic E-state index is 12.6. The highest BCUT2D eigenvalue weighted by atomic mass is 79.9. The second kappa shape index (κ2) is 5.20. The fraction of sp³-hybridized carbons (Fsp3) is 0.154. The van der Waals surface area contributed by atoms with Crippen LogP contribution >= 0.6 is 39.9 Å². The summed E-state index contributed by atoms with van der Waals surface area (Å²) in [7, 11) is 0. The van der Waals surface area contributed by atoms with E-state index in [4.69, 9.17) is 18.1 Å². The monoisotopic (exact) mass is 383 g/mol. The Morgan fingerprint density at radius 2 is 2.05 bits per heavy atom. The van der Waals surface area contributed by atoms with Gasteiger partial charge < -0.3 is 4.90 Å². The summed E-state index contributed by atoms with van der Waals surface area (Å²) in [6, 6.07) is 5.56. The van der Waals surface area contributed by atoms with Crippen LogP contribution in [-0.4, -0.2) is 27.7 Å². The number of carbonyl (C=O) groups excluding carboxylic acids is 2. The number of carbonyl (C=O) groups is 2. The van der Waals surface area contributed by atoms with Crippen LogP contribution in [0.15, 0.2) is 27.6 Å². The summed E-state index contributed by atoms with van der Waals surface area (Å²) in [5.74, 6) is 4.97. The second-order valence-electron chi connectivity index (χ2n) is 4.46. The topological polar surface area (TPSA) is 66.6 Å². The van der Waals surface area contributed by atoms with E-state index in [-0.39, 0.29) is 10.2 Å². The van der Waals surface area contributed by atoms with Gasteiger partial charge in [-0.15, -0.1) is 0 Å². The van der Waals surface area contributed by atoms with Gasteiger partial charge in [-0.2, -0.15) is 0 Å². The minimum absolute atomic E-state index is 0.195. The first-order chi connectivity index (χ1) is 9.95. The zero-order chi connectivity index (χ0) is 15.3. The van der Waals surface area contributed by atoms with E-state index >= 15 is 0 Å². The summed E-state index contributed by atoms with van der Waals surface area (Å²) in [6.07, 6.45) is 0. The zero-order valence-electron chi connectivity index (χ0n) is 10.9. The molecule has 0 radical (unpaired) electrons. The number of halogens is 1. The quantitative estimate of drug-likeness (QED) is 0.348. The number of rotatable bonds is 1. The van der Waals surface area contributed by atoms with Gasteiger partial charge in [0.1, 0.15) is 0 Å². The van der Waals surface area contributed by atoms with E-state index in [1.807, 2.05) is 25.1 Å². The van der Waals surface area contributed by atoms with Crippen molar-refractivity contribution in [3.05, 3.63) is 33.1 Å². The lowest BCUT2D eigenvalue weighted by atomic mass is 10.1. The summed E-state index contributed by atoms with van der Waals surface area (Å²) in [5.41, 5.74) is 1.90. The molecule has 0 aliphatic carbocycles. The van der Waals surface area contributed by atoms with Crippen molar-refractivity contribution in [2.45, 2.75) is 6.92 Å². The van der Waals surface area contributed by atoms with Crippen molar-refractivity contribution in [2.75, 3.05) is 11.4 Å². The second-order valence-corrected chi connectivity index (χ2v) is 7.02. The highest BCUT2D eigenvalue weighted by molar-refractivity contribution is 9.10. The van der Waals surface area contributed by atoms with Gasteiger partial charge in [0.2, 0.25) is 0 Å². The van der Waals surface area contributed by atoms with E-state index in [0.29, 0.717) is 17.0 Å². The molecular weight excluding hydrogens is 374 g/mol. The number of nitrogens with two attached hydrogens (primary N) is 1. The van der Waals surface area contributed by atoms with Crippen LogP contribution in [0.5, 0.6) is 0 Å². The van der Waals surface area contributed by atoms with Crippen LogP contribution in [-0.2, 0) is 9.59 Å². The SMILES string of the molecule is CCN1C(=O)/C(=C2/SC(=S)N(N)C2=O)c2cc(Br)ccc21. The van der Waals surface area contributed by atoms with E-state index in [2.05, 4.69) is 15.9 Å². The third-order valence-corrected chi connectivity index (χ3v) is 5.21. The third-order valence-electron chi connectivity index (χ3n) is 3.32. The first-order valence-corrected chi connectivity index (χ1v) is 8.14. The molecule has 2 N–H and O–H groups in total. The van der Waals surface area contributed by atoms with Gasteiger partial charge in [-0.1, -0.05) is 39.9 Å². The van der Waals surface area contributed by atoms with Crippen molar-refractivity contribution in [2.24, 2.45) is 5.84 Å². The molecule has 2 aliphatic heterocycles. The Balaban J connectivity index is 2.26. The number of likely N-dealkylation sites (N-methyl/N-ethyl adjacent to an activating group) is 1. The van der Waals surface area contributed by atoms with E-state index in [1.54, 1.807) is 4.90 Å². The summed E-state index contributed by atoms with van der Waals surface area (Å²) in [4.78, 5) is 26.8. The Bertz CT molecular complexity index is 732. The normalized spacial score (nSPS) is 21.6. The predicted octanol–water partition coefficient (Wildman–Crippen LogP) is 2.26. The van der Waals surface area contributed by atoms with Crippen LogP contribution in [0.25, 0.3) is 5.57 Å². The largest absolute Gasteiger partial charge is 0.308 e. The summed E-state index contributed by atoms with van der Waals surface area (Å²) in [5, 5.41) is 0.905. The van der Waals surface area contributed by atoms with Crippen LogP contribution in [0.1, 0.15) is 12.5 Å². The number of benzene rings is 1. The third kappa shape index (κ3) is 2.13. The van der Waals surface area contributed by atoms with Gasteiger partial charge in [0.05, 0.1) is 16.2 Å². The van der Waals surface area contributed by atoms with Gasteiger partial charge in [-0.25, -0.2) is 10.9 Å². The van der Waals surface area contributed by atoms with Gasteiger partial charge in [-0.05, 0) is 25.1 Å². The number of hydrogen-bond acceptors (Lipinski definition) is 5. The molecule has 0 aromatic heterocycles. The fourth-order valence-electron chi connectivity index (χ4n) is 2.37. The van der Waals surface area contributed by atoms with Crippen LogP contribution in [0.3, 0.4) is 0 Å². The van der Waals surface area contributed by atoms with Crippen molar-refractivity contribution in [3.63, 3.8) is 0 Å². The Hall–Kier alpha value is -1.22. The molecule has 2 aliphatic rings. The maximum atomic E-state index is 12.6. The number of nitrogens with zero attached hydrogens (tertiary/aromatic N) is 2. The predicted molar refractivity (Wildman–Crippen MR) is 90.3 cm³/mol. The van der Waals surface area contributed by atoms with Gasteiger partial charge in [0.25, 0.3) is 11.8 Å². The zero-order valence-corrected chi connectivity index (χ0v) is 14.1. The average molecular weight is 384 g/mol. The van der Waals surface area contributed by atoms with Crippen molar-refractivity contribution >= 4 is 67.3 Å².